The first kappa shape index (κ1) is 18.2. The summed E-state index contributed by atoms with van der Waals surface area (Å²) in [4.78, 5) is 2.29. The third-order valence-corrected chi connectivity index (χ3v) is 4.81. The van der Waals surface area contributed by atoms with Gasteiger partial charge in [0.25, 0.3) is 0 Å². The molecule has 144 valence electrons. The number of hydrogen-bond acceptors (Lipinski definition) is 6. The normalized spacial score (nSPS) is 15.3. The van der Waals surface area contributed by atoms with Gasteiger partial charge in [-0.3, -0.25) is 5.01 Å². The molecule has 7 heteroatoms. The van der Waals surface area contributed by atoms with E-state index in [0.29, 0.717) is 0 Å². The molecule has 0 atom stereocenters. The van der Waals surface area contributed by atoms with Crippen molar-refractivity contribution in [1.29, 1.82) is 0 Å². The van der Waals surface area contributed by atoms with Crippen LogP contribution in [0.3, 0.4) is 0 Å². The van der Waals surface area contributed by atoms with Crippen molar-refractivity contribution >= 4 is 5.69 Å². The molecule has 3 aromatic rings. The SMILES string of the molecule is COc1ccc(-c2cc(-c3ccc(N=NN4CCN(C)CC4)cc3)no2)cc1. The number of aromatic nitrogens is 1. The summed E-state index contributed by atoms with van der Waals surface area (Å²) < 4.78 is 10.7. The van der Waals surface area contributed by atoms with Gasteiger partial charge >= 0.3 is 0 Å². The van der Waals surface area contributed by atoms with Gasteiger partial charge in [0.15, 0.2) is 5.76 Å². The molecule has 1 aromatic heterocycles. The molecule has 1 saturated heterocycles. The van der Waals surface area contributed by atoms with Crippen molar-refractivity contribution in [2.75, 3.05) is 40.3 Å². The van der Waals surface area contributed by atoms with Gasteiger partial charge in [-0.05, 0) is 43.4 Å². The lowest BCUT2D eigenvalue weighted by Crippen LogP contribution is -2.41. The minimum atomic E-state index is 0.719. The molecule has 7 nitrogen and oxygen atoms in total. The van der Waals surface area contributed by atoms with Crippen LogP contribution in [-0.2, 0) is 0 Å². The van der Waals surface area contributed by atoms with Gasteiger partial charge in [-0.1, -0.05) is 22.5 Å². The summed E-state index contributed by atoms with van der Waals surface area (Å²) in [5.41, 5.74) is 3.54. The Balaban J connectivity index is 1.43. The number of hydrogen-bond donors (Lipinski definition) is 0. The first-order valence-electron chi connectivity index (χ1n) is 9.28. The van der Waals surface area contributed by atoms with E-state index in [9.17, 15) is 0 Å². The van der Waals surface area contributed by atoms with Crippen molar-refractivity contribution in [3.05, 3.63) is 54.6 Å². The molecule has 0 spiro atoms. The molecule has 28 heavy (non-hydrogen) atoms. The number of ether oxygens (including phenoxy) is 1. The molecule has 1 aliphatic heterocycles. The average Bonchev–Trinajstić information content (AvgIpc) is 3.24. The number of nitrogens with zero attached hydrogens (tertiary/aromatic N) is 5. The van der Waals surface area contributed by atoms with Crippen LogP contribution in [0.5, 0.6) is 5.75 Å². The van der Waals surface area contributed by atoms with Gasteiger partial charge in [0.05, 0.1) is 25.9 Å². The zero-order valence-corrected chi connectivity index (χ0v) is 16.1. The van der Waals surface area contributed by atoms with Crippen LogP contribution in [-0.4, -0.2) is 55.4 Å². The lowest BCUT2D eigenvalue weighted by atomic mass is 10.1. The zero-order valence-electron chi connectivity index (χ0n) is 16.1. The Kier molecular flexibility index (Phi) is 5.34. The smallest absolute Gasteiger partial charge is 0.167 e. The highest BCUT2D eigenvalue weighted by Gasteiger charge is 2.12. The molecule has 1 fully saturated rings. The Morgan fingerprint density at radius 2 is 1.61 bits per heavy atom. The number of rotatable bonds is 5. The highest BCUT2D eigenvalue weighted by Crippen LogP contribution is 2.28. The van der Waals surface area contributed by atoms with Crippen LogP contribution in [0, 0.1) is 0 Å². The highest BCUT2D eigenvalue weighted by atomic mass is 16.5. The molecule has 0 aliphatic carbocycles. The topological polar surface area (TPSA) is 66.5 Å². The molecule has 0 radical (unpaired) electrons. The molecule has 1 aliphatic rings. The van der Waals surface area contributed by atoms with E-state index >= 15 is 0 Å². The van der Waals surface area contributed by atoms with Gasteiger partial charge in [-0.15, -0.1) is 5.11 Å². The van der Waals surface area contributed by atoms with Crippen molar-refractivity contribution in [2.45, 2.75) is 0 Å². The minimum absolute atomic E-state index is 0.719. The van der Waals surface area contributed by atoms with E-state index in [1.165, 1.54) is 0 Å². The third-order valence-electron chi connectivity index (χ3n) is 4.81. The summed E-state index contributed by atoms with van der Waals surface area (Å²) in [6.45, 7) is 3.84. The lowest BCUT2D eigenvalue weighted by molar-refractivity contribution is 0.150. The fraction of sp³-hybridized carbons (Fsp3) is 0.286. The number of likely N-dealkylation sites (N-methyl/N-ethyl adjacent to an activating group) is 1. The molecule has 2 heterocycles. The summed E-state index contributed by atoms with van der Waals surface area (Å²) >= 11 is 0. The molecule has 0 amide bonds. The van der Waals surface area contributed by atoms with E-state index in [1.807, 2.05) is 59.6 Å². The monoisotopic (exact) mass is 377 g/mol. The number of methoxy groups -OCH3 is 1. The second-order valence-corrected chi connectivity index (χ2v) is 6.80. The lowest BCUT2D eigenvalue weighted by Gasteiger charge is -2.29. The van der Waals surface area contributed by atoms with Gasteiger partial charge in [0.2, 0.25) is 0 Å². The van der Waals surface area contributed by atoms with Crippen LogP contribution >= 0.6 is 0 Å². The van der Waals surface area contributed by atoms with Crippen molar-refractivity contribution < 1.29 is 9.26 Å². The van der Waals surface area contributed by atoms with Crippen LogP contribution in [0.15, 0.2) is 69.5 Å². The predicted octanol–water partition coefficient (Wildman–Crippen LogP) is 4.26. The van der Waals surface area contributed by atoms with Gasteiger partial charge in [-0.2, -0.15) is 0 Å². The second-order valence-electron chi connectivity index (χ2n) is 6.80. The van der Waals surface area contributed by atoms with E-state index in [0.717, 1.165) is 60.2 Å². The van der Waals surface area contributed by atoms with Crippen LogP contribution in [0.4, 0.5) is 5.69 Å². The van der Waals surface area contributed by atoms with Crippen LogP contribution < -0.4 is 4.74 Å². The van der Waals surface area contributed by atoms with E-state index in [2.05, 4.69) is 27.4 Å². The molecular formula is C21H23N5O2. The summed E-state index contributed by atoms with van der Waals surface area (Å²) in [5, 5.41) is 14.9. The van der Waals surface area contributed by atoms with Crippen molar-refractivity contribution in [3.8, 4) is 28.3 Å². The van der Waals surface area contributed by atoms with Crippen LogP contribution in [0.2, 0.25) is 0 Å². The molecule has 0 N–H and O–H groups in total. The Hall–Kier alpha value is -3.19. The standard InChI is InChI=1S/C21H23N5O2/c1-25-11-13-26(14-12-25)24-22-18-7-3-16(4-8-18)20-15-21(28-23-20)17-5-9-19(27-2)10-6-17/h3-10,15H,11-14H2,1-2H3. The third kappa shape index (κ3) is 4.20. The Labute approximate surface area is 164 Å². The second kappa shape index (κ2) is 8.22. The predicted molar refractivity (Wildman–Crippen MR) is 108 cm³/mol. The number of benzene rings is 2. The van der Waals surface area contributed by atoms with Crippen LogP contribution in [0.25, 0.3) is 22.6 Å². The summed E-state index contributed by atoms with van der Waals surface area (Å²) in [5.74, 6) is 1.53. The molecule has 4 rings (SSSR count). The van der Waals surface area contributed by atoms with Crippen molar-refractivity contribution in [2.24, 2.45) is 10.3 Å². The fourth-order valence-corrected chi connectivity index (χ4v) is 3.00. The Bertz CT molecular complexity index is 926. The Morgan fingerprint density at radius 1 is 0.929 bits per heavy atom. The maximum absolute atomic E-state index is 5.50. The van der Waals surface area contributed by atoms with Gasteiger partial charge in [-0.25, -0.2) is 0 Å². The first-order valence-corrected chi connectivity index (χ1v) is 9.28. The molecule has 0 unspecified atom stereocenters. The van der Waals surface area contributed by atoms with Gasteiger partial charge < -0.3 is 14.2 Å². The minimum Gasteiger partial charge on any atom is -0.497 e. The zero-order chi connectivity index (χ0) is 19.3. The molecule has 0 bridgehead atoms. The van der Waals surface area contributed by atoms with Crippen LogP contribution in [0.1, 0.15) is 0 Å². The fourth-order valence-electron chi connectivity index (χ4n) is 3.00. The molecule has 0 saturated carbocycles. The summed E-state index contributed by atoms with van der Waals surface area (Å²) in [6, 6.07) is 17.5. The average molecular weight is 377 g/mol. The highest BCUT2D eigenvalue weighted by molar-refractivity contribution is 5.68. The maximum atomic E-state index is 5.50. The maximum Gasteiger partial charge on any atom is 0.167 e. The number of piperazine rings is 1. The molecule has 2 aromatic carbocycles. The first-order chi connectivity index (χ1) is 13.7. The van der Waals surface area contributed by atoms with E-state index < -0.39 is 0 Å². The van der Waals surface area contributed by atoms with E-state index in [4.69, 9.17) is 9.26 Å². The van der Waals surface area contributed by atoms with Crippen molar-refractivity contribution in [3.63, 3.8) is 0 Å². The van der Waals surface area contributed by atoms with E-state index in [1.54, 1.807) is 7.11 Å². The van der Waals surface area contributed by atoms with Gasteiger partial charge in [0, 0.05) is 30.3 Å². The van der Waals surface area contributed by atoms with Gasteiger partial charge in [0.1, 0.15) is 11.4 Å². The van der Waals surface area contributed by atoms with E-state index in [-0.39, 0.29) is 0 Å². The summed E-state index contributed by atoms with van der Waals surface area (Å²) in [6.07, 6.45) is 0. The molecular weight excluding hydrogens is 354 g/mol. The quantitative estimate of drug-likeness (QED) is 0.622. The summed E-state index contributed by atoms with van der Waals surface area (Å²) in [7, 11) is 3.77. The Morgan fingerprint density at radius 3 is 2.29 bits per heavy atom. The largest absolute Gasteiger partial charge is 0.497 e. The van der Waals surface area contributed by atoms with Crippen molar-refractivity contribution in [1.82, 2.24) is 15.1 Å².